The molecule has 1 aromatic carbocycles. The van der Waals surface area contributed by atoms with Gasteiger partial charge in [0.25, 0.3) is 0 Å². The molecular weight excluding hydrogens is 266 g/mol. The molecule has 0 radical (unpaired) electrons. The molecule has 0 aliphatic heterocycles. The first-order valence-corrected chi connectivity index (χ1v) is 6.50. The van der Waals surface area contributed by atoms with Crippen LogP contribution in [-0.2, 0) is 4.79 Å². The second kappa shape index (κ2) is 5.75. The molecule has 2 aromatic rings. The number of benzene rings is 1. The van der Waals surface area contributed by atoms with E-state index in [1.807, 2.05) is 25.1 Å². The smallest absolute Gasteiger partial charge is 0.313 e. The normalized spacial score (nSPS) is 10.4. The average Bonchev–Trinajstić information content (AvgIpc) is 2.84. The third-order valence-electron chi connectivity index (χ3n) is 2.50. The van der Waals surface area contributed by atoms with Gasteiger partial charge in [0.1, 0.15) is 12.1 Å². The van der Waals surface area contributed by atoms with Gasteiger partial charge in [-0.1, -0.05) is 11.8 Å². The molecule has 6 nitrogen and oxygen atoms in total. The van der Waals surface area contributed by atoms with Gasteiger partial charge in [-0.15, -0.1) is 10.2 Å². The fourth-order valence-electron chi connectivity index (χ4n) is 1.64. The Hall–Kier alpha value is -2.02. The monoisotopic (exact) mass is 279 g/mol. The van der Waals surface area contributed by atoms with Gasteiger partial charge in [-0.3, -0.25) is 9.36 Å². The van der Waals surface area contributed by atoms with Crippen LogP contribution in [0.15, 0.2) is 29.7 Å². The summed E-state index contributed by atoms with van der Waals surface area (Å²) in [6.45, 7) is 1.94. The molecule has 0 unspecified atom stereocenters. The van der Waals surface area contributed by atoms with Crippen molar-refractivity contribution in [2.75, 3.05) is 12.9 Å². The van der Waals surface area contributed by atoms with Crippen LogP contribution in [0.2, 0.25) is 0 Å². The van der Waals surface area contributed by atoms with E-state index >= 15 is 0 Å². The first-order valence-electron chi connectivity index (χ1n) is 5.51. The Morgan fingerprint density at radius 1 is 1.53 bits per heavy atom. The second-order valence-corrected chi connectivity index (χ2v) is 4.76. The molecule has 1 heterocycles. The fourth-order valence-corrected chi connectivity index (χ4v) is 2.29. The van der Waals surface area contributed by atoms with Gasteiger partial charge in [0.05, 0.1) is 12.9 Å². The summed E-state index contributed by atoms with van der Waals surface area (Å²) in [5.74, 6) is -0.129. The number of nitrogens with zero attached hydrogens (tertiary/aromatic N) is 3. The molecule has 19 heavy (non-hydrogen) atoms. The van der Waals surface area contributed by atoms with Gasteiger partial charge in [-0.25, -0.2) is 0 Å². The number of hydrogen-bond acceptors (Lipinski definition) is 5. The standard InChI is InChI=1S/C12H13N3O3S/c1-8-5-9(3-4-10(8)18-2)15-7-13-14-12(15)19-6-11(16)17/h3-5,7H,6H2,1-2H3,(H,16,17). The molecule has 100 valence electrons. The molecule has 1 N–H and O–H groups in total. The Labute approximate surface area is 114 Å². The molecule has 0 atom stereocenters. The summed E-state index contributed by atoms with van der Waals surface area (Å²) in [5.41, 5.74) is 1.86. The van der Waals surface area contributed by atoms with Crippen molar-refractivity contribution in [1.82, 2.24) is 14.8 Å². The van der Waals surface area contributed by atoms with Crippen LogP contribution in [0.25, 0.3) is 5.69 Å². The van der Waals surface area contributed by atoms with Crippen molar-refractivity contribution in [3.63, 3.8) is 0 Å². The summed E-state index contributed by atoms with van der Waals surface area (Å²) in [4.78, 5) is 10.6. The number of hydrogen-bond donors (Lipinski definition) is 1. The van der Waals surface area contributed by atoms with Crippen LogP contribution in [0, 0.1) is 6.92 Å². The molecule has 2 rings (SSSR count). The zero-order valence-electron chi connectivity index (χ0n) is 10.5. The number of aliphatic carboxylic acids is 1. The van der Waals surface area contributed by atoms with Crippen molar-refractivity contribution >= 4 is 17.7 Å². The Morgan fingerprint density at radius 2 is 2.32 bits per heavy atom. The van der Waals surface area contributed by atoms with E-state index in [2.05, 4.69) is 10.2 Å². The number of rotatable bonds is 5. The van der Waals surface area contributed by atoms with Crippen LogP contribution < -0.4 is 4.74 Å². The van der Waals surface area contributed by atoms with Crippen LogP contribution >= 0.6 is 11.8 Å². The highest BCUT2D eigenvalue weighted by Gasteiger charge is 2.10. The zero-order chi connectivity index (χ0) is 13.8. The Morgan fingerprint density at radius 3 is 2.95 bits per heavy atom. The number of aromatic nitrogens is 3. The molecule has 0 amide bonds. The minimum atomic E-state index is -0.884. The molecule has 0 aliphatic carbocycles. The van der Waals surface area contributed by atoms with Crippen molar-refractivity contribution in [3.8, 4) is 11.4 Å². The molecule has 0 aliphatic rings. The molecule has 0 saturated carbocycles. The van der Waals surface area contributed by atoms with Crippen molar-refractivity contribution in [1.29, 1.82) is 0 Å². The van der Waals surface area contributed by atoms with Crippen molar-refractivity contribution < 1.29 is 14.6 Å². The van der Waals surface area contributed by atoms with E-state index in [0.717, 1.165) is 28.8 Å². The quantitative estimate of drug-likeness (QED) is 0.840. The summed E-state index contributed by atoms with van der Waals surface area (Å²) in [6.07, 6.45) is 1.56. The lowest BCUT2D eigenvalue weighted by molar-refractivity contribution is -0.133. The zero-order valence-corrected chi connectivity index (χ0v) is 11.3. The highest BCUT2D eigenvalue weighted by molar-refractivity contribution is 7.99. The molecule has 0 saturated heterocycles. The maximum atomic E-state index is 10.6. The Bertz CT molecular complexity index is 598. The van der Waals surface area contributed by atoms with Gasteiger partial charge >= 0.3 is 5.97 Å². The van der Waals surface area contributed by atoms with Gasteiger partial charge in [0.2, 0.25) is 0 Å². The van der Waals surface area contributed by atoms with Crippen molar-refractivity contribution in [2.24, 2.45) is 0 Å². The van der Waals surface area contributed by atoms with E-state index in [0.29, 0.717) is 5.16 Å². The summed E-state index contributed by atoms with van der Waals surface area (Å²) in [5, 5.41) is 17.0. The maximum absolute atomic E-state index is 10.6. The third-order valence-corrected chi connectivity index (χ3v) is 3.43. The lowest BCUT2D eigenvalue weighted by atomic mass is 10.2. The number of methoxy groups -OCH3 is 1. The maximum Gasteiger partial charge on any atom is 0.313 e. The Kier molecular flexibility index (Phi) is 4.06. The highest BCUT2D eigenvalue weighted by Crippen LogP contribution is 2.24. The average molecular weight is 279 g/mol. The molecule has 1 aromatic heterocycles. The number of carboxylic acid groups (broad SMARTS) is 1. The van der Waals surface area contributed by atoms with E-state index in [1.54, 1.807) is 18.0 Å². The fraction of sp³-hybridized carbons (Fsp3) is 0.250. The number of ether oxygens (including phenoxy) is 1. The third kappa shape index (κ3) is 3.05. The molecule has 7 heteroatoms. The van der Waals surface area contributed by atoms with Crippen LogP contribution in [-0.4, -0.2) is 38.7 Å². The molecule has 0 fully saturated rings. The summed E-state index contributed by atoms with van der Waals surface area (Å²) < 4.78 is 6.95. The largest absolute Gasteiger partial charge is 0.496 e. The van der Waals surface area contributed by atoms with E-state index < -0.39 is 5.97 Å². The van der Waals surface area contributed by atoms with Gasteiger partial charge in [-0.05, 0) is 30.7 Å². The number of thioether (sulfide) groups is 1. The summed E-state index contributed by atoms with van der Waals surface area (Å²) >= 11 is 1.13. The second-order valence-electron chi connectivity index (χ2n) is 3.82. The number of carbonyl (C=O) groups is 1. The lowest BCUT2D eigenvalue weighted by Gasteiger charge is -2.09. The first kappa shape index (κ1) is 13.4. The van der Waals surface area contributed by atoms with Crippen molar-refractivity contribution in [2.45, 2.75) is 12.1 Å². The SMILES string of the molecule is COc1ccc(-n2cnnc2SCC(=O)O)cc1C. The van der Waals surface area contributed by atoms with Crippen LogP contribution in [0.4, 0.5) is 0 Å². The first-order chi connectivity index (χ1) is 9.11. The topological polar surface area (TPSA) is 77.2 Å². The van der Waals surface area contributed by atoms with E-state index in [9.17, 15) is 4.79 Å². The predicted molar refractivity (Wildman–Crippen MR) is 71.0 cm³/mol. The van der Waals surface area contributed by atoms with Crippen LogP contribution in [0.3, 0.4) is 0 Å². The van der Waals surface area contributed by atoms with Gasteiger partial charge in [-0.2, -0.15) is 0 Å². The molecular formula is C12H13N3O3S. The molecule has 0 spiro atoms. The van der Waals surface area contributed by atoms with Crippen LogP contribution in [0.5, 0.6) is 5.75 Å². The minimum Gasteiger partial charge on any atom is -0.496 e. The van der Waals surface area contributed by atoms with E-state index in [-0.39, 0.29) is 5.75 Å². The number of carboxylic acids is 1. The number of aryl methyl sites for hydroxylation is 1. The van der Waals surface area contributed by atoms with E-state index in [1.165, 1.54) is 0 Å². The predicted octanol–water partition coefficient (Wildman–Crippen LogP) is 1.76. The van der Waals surface area contributed by atoms with Gasteiger partial charge < -0.3 is 9.84 Å². The lowest BCUT2D eigenvalue weighted by Crippen LogP contribution is -2.01. The van der Waals surface area contributed by atoms with Crippen LogP contribution in [0.1, 0.15) is 5.56 Å². The molecule has 0 bridgehead atoms. The van der Waals surface area contributed by atoms with Crippen molar-refractivity contribution in [3.05, 3.63) is 30.1 Å². The Balaban J connectivity index is 2.29. The van der Waals surface area contributed by atoms with Gasteiger partial charge in [0, 0.05) is 5.69 Å². The summed E-state index contributed by atoms with van der Waals surface area (Å²) in [6, 6.07) is 5.67. The minimum absolute atomic E-state index is 0.0478. The summed E-state index contributed by atoms with van der Waals surface area (Å²) in [7, 11) is 1.62. The van der Waals surface area contributed by atoms with Gasteiger partial charge in [0.15, 0.2) is 5.16 Å². The highest BCUT2D eigenvalue weighted by atomic mass is 32.2. The van der Waals surface area contributed by atoms with E-state index in [4.69, 9.17) is 9.84 Å².